The van der Waals surface area contributed by atoms with Crippen molar-refractivity contribution >= 4 is 9.84 Å². The molecule has 3 atom stereocenters. The molecule has 1 rings (SSSR count). The van der Waals surface area contributed by atoms with Crippen LogP contribution < -0.4 is 5.32 Å². The zero-order valence-corrected chi connectivity index (χ0v) is 12.2. The first-order valence-electron chi connectivity index (χ1n) is 6.88. The van der Waals surface area contributed by atoms with E-state index in [1.807, 2.05) is 6.92 Å². The first kappa shape index (κ1) is 15.0. The lowest BCUT2D eigenvalue weighted by molar-refractivity contribution is 0.228. The first-order valence-corrected chi connectivity index (χ1v) is 8.70. The lowest BCUT2D eigenvalue weighted by Crippen LogP contribution is -2.38. The summed E-state index contributed by atoms with van der Waals surface area (Å²) >= 11 is 0. The molecule has 4 heteroatoms. The van der Waals surface area contributed by atoms with Crippen LogP contribution in [0.15, 0.2) is 0 Å². The van der Waals surface area contributed by atoms with Gasteiger partial charge in [-0.3, -0.25) is 0 Å². The van der Waals surface area contributed by atoms with E-state index in [0.717, 1.165) is 18.3 Å². The predicted molar refractivity (Wildman–Crippen MR) is 72.9 cm³/mol. The highest BCUT2D eigenvalue weighted by atomic mass is 32.2. The van der Waals surface area contributed by atoms with E-state index in [-0.39, 0.29) is 0 Å². The summed E-state index contributed by atoms with van der Waals surface area (Å²) in [7, 11) is -2.82. The minimum atomic E-state index is -2.82. The van der Waals surface area contributed by atoms with Crippen LogP contribution in [-0.4, -0.2) is 32.5 Å². The summed E-state index contributed by atoms with van der Waals surface area (Å²) in [6.07, 6.45) is 4.37. The molecule has 1 saturated carbocycles. The van der Waals surface area contributed by atoms with Gasteiger partial charge in [-0.15, -0.1) is 0 Å². The van der Waals surface area contributed by atoms with Crippen molar-refractivity contribution in [1.82, 2.24) is 5.32 Å². The van der Waals surface area contributed by atoms with Crippen molar-refractivity contribution in [1.29, 1.82) is 0 Å². The van der Waals surface area contributed by atoms with Crippen LogP contribution in [0.2, 0.25) is 0 Å². The Morgan fingerprint density at radius 2 is 1.82 bits per heavy atom. The molecule has 0 saturated heterocycles. The van der Waals surface area contributed by atoms with E-state index >= 15 is 0 Å². The third-order valence-electron chi connectivity index (χ3n) is 3.96. The van der Waals surface area contributed by atoms with E-state index in [4.69, 9.17) is 0 Å². The van der Waals surface area contributed by atoms with E-state index in [0.29, 0.717) is 24.1 Å². The predicted octanol–water partition coefficient (Wildman–Crippen LogP) is 2.23. The Bertz CT molecular complexity index is 313. The van der Waals surface area contributed by atoms with Crippen LogP contribution in [0.3, 0.4) is 0 Å². The van der Waals surface area contributed by atoms with Gasteiger partial charge in [0.2, 0.25) is 0 Å². The van der Waals surface area contributed by atoms with Crippen LogP contribution in [0.5, 0.6) is 0 Å². The van der Waals surface area contributed by atoms with Crippen molar-refractivity contribution in [2.24, 2.45) is 11.8 Å². The fourth-order valence-corrected chi connectivity index (χ4v) is 3.82. The normalized spacial score (nSPS) is 30.4. The van der Waals surface area contributed by atoms with E-state index < -0.39 is 9.84 Å². The van der Waals surface area contributed by atoms with Gasteiger partial charge < -0.3 is 5.32 Å². The summed E-state index contributed by atoms with van der Waals surface area (Å²) < 4.78 is 23.1. The highest BCUT2D eigenvalue weighted by molar-refractivity contribution is 7.91. The molecule has 0 aliphatic heterocycles. The molecule has 0 aromatic carbocycles. The fourth-order valence-electron chi connectivity index (χ4n) is 2.56. The van der Waals surface area contributed by atoms with E-state index in [1.54, 1.807) is 0 Å². The molecule has 1 N–H and O–H groups in total. The van der Waals surface area contributed by atoms with Gasteiger partial charge in [0.25, 0.3) is 0 Å². The zero-order chi connectivity index (χ0) is 12.9. The Hall–Kier alpha value is -0.0900. The Balaban J connectivity index is 2.23. The number of rotatable bonds is 6. The molecule has 3 unspecified atom stereocenters. The van der Waals surface area contributed by atoms with Gasteiger partial charge in [-0.2, -0.15) is 0 Å². The molecular weight excluding hydrogens is 234 g/mol. The molecule has 0 spiro atoms. The highest BCUT2D eigenvalue weighted by Crippen LogP contribution is 2.29. The lowest BCUT2D eigenvalue weighted by atomic mass is 9.79. The second-order valence-electron chi connectivity index (χ2n) is 5.57. The van der Waals surface area contributed by atoms with Crippen molar-refractivity contribution in [3.05, 3.63) is 0 Å². The molecule has 0 aromatic heterocycles. The Morgan fingerprint density at radius 3 is 2.41 bits per heavy atom. The van der Waals surface area contributed by atoms with E-state index in [9.17, 15) is 8.42 Å². The summed E-state index contributed by atoms with van der Waals surface area (Å²) in [5, 5.41) is 3.41. The Morgan fingerprint density at radius 1 is 1.12 bits per heavy atom. The van der Waals surface area contributed by atoms with E-state index in [2.05, 4.69) is 19.2 Å². The Labute approximate surface area is 106 Å². The second kappa shape index (κ2) is 6.74. The molecular formula is C13H27NO2S. The number of nitrogens with one attached hydrogen (secondary N) is 1. The molecule has 0 bridgehead atoms. The number of hydrogen-bond acceptors (Lipinski definition) is 3. The van der Waals surface area contributed by atoms with Gasteiger partial charge >= 0.3 is 0 Å². The number of hydrogen-bond donors (Lipinski definition) is 1. The minimum Gasteiger partial charge on any atom is -0.313 e. The highest BCUT2D eigenvalue weighted by Gasteiger charge is 2.24. The molecule has 17 heavy (non-hydrogen) atoms. The van der Waals surface area contributed by atoms with Crippen LogP contribution >= 0.6 is 0 Å². The number of sulfone groups is 1. The summed E-state index contributed by atoms with van der Waals surface area (Å²) in [4.78, 5) is 0. The molecule has 1 fully saturated rings. The third-order valence-corrected chi connectivity index (χ3v) is 5.82. The standard InChI is InChI=1S/C13H27NO2S/c1-4-8-17(15,16)9-7-14-13-6-5-11(2)12(3)10-13/h11-14H,4-10H2,1-3H3. The second-order valence-corrected chi connectivity index (χ2v) is 7.87. The molecule has 0 heterocycles. The summed E-state index contributed by atoms with van der Waals surface area (Å²) in [6, 6.07) is 0.526. The van der Waals surface area contributed by atoms with Gasteiger partial charge in [-0.25, -0.2) is 8.42 Å². The minimum absolute atomic E-state index is 0.293. The SMILES string of the molecule is CCCS(=O)(=O)CCNC1CCC(C)C(C)C1. The van der Waals surface area contributed by atoms with Crippen LogP contribution in [0.4, 0.5) is 0 Å². The topological polar surface area (TPSA) is 46.2 Å². The van der Waals surface area contributed by atoms with Crippen LogP contribution in [-0.2, 0) is 9.84 Å². The van der Waals surface area contributed by atoms with Gasteiger partial charge in [0.1, 0.15) is 0 Å². The van der Waals surface area contributed by atoms with Crippen LogP contribution in [0, 0.1) is 11.8 Å². The fraction of sp³-hybridized carbons (Fsp3) is 1.00. The van der Waals surface area contributed by atoms with Crippen LogP contribution in [0.1, 0.15) is 46.5 Å². The van der Waals surface area contributed by atoms with E-state index in [1.165, 1.54) is 19.3 Å². The maximum absolute atomic E-state index is 11.5. The largest absolute Gasteiger partial charge is 0.313 e. The quantitative estimate of drug-likeness (QED) is 0.797. The molecule has 1 aliphatic carbocycles. The Kier molecular flexibility index (Phi) is 5.93. The molecule has 102 valence electrons. The lowest BCUT2D eigenvalue weighted by Gasteiger charge is -2.32. The van der Waals surface area contributed by atoms with Gasteiger partial charge in [0.05, 0.1) is 5.75 Å². The van der Waals surface area contributed by atoms with Gasteiger partial charge in [0, 0.05) is 18.3 Å². The van der Waals surface area contributed by atoms with Gasteiger partial charge in [0.15, 0.2) is 9.84 Å². The molecule has 1 aliphatic rings. The zero-order valence-electron chi connectivity index (χ0n) is 11.4. The summed E-state index contributed by atoms with van der Waals surface area (Å²) in [5.41, 5.74) is 0. The third kappa shape index (κ3) is 5.38. The summed E-state index contributed by atoms with van der Waals surface area (Å²) in [5.74, 6) is 2.19. The molecule has 0 amide bonds. The van der Waals surface area contributed by atoms with Crippen molar-refractivity contribution in [3.63, 3.8) is 0 Å². The average molecular weight is 261 g/mol. The molecule has 0 radical (unpaired) electrons. The maximum Gasteiger partial charge on any atom is 0.151 e. The van der Waals surface area contributed by atoms with Crippen molar-refractivity contribution in [2.45, 2.75) is 52.5 Å². The van der Waals surface area contributed by atoms with Gasteiger partial charge in [-0.05, 0) is 37.5 Å². The van der Waals surface area contributed by atoms with Crippen molar-refractivity contribution < 1.29 is 8.42 Å². The van der Waals surface area contributed by atoms with Crippen molar-refractivity contribution in [3.8, 4) is 0 Å². The monoisotopic (exact) mass is 261 g/mol. The van der Waals surface area contributed by atoms with Crippen molar-refractivity contribution in [2.75, 3.05) is 18.1 Å². The van der Waals surface area contributed by atoms with Crippen LogP contribution in [0.25, 0.3) is 0 Å². The molecule has 3 nitrogen and oxygen atoms in total. The molecule has 0 aromatic rings. The maximum atomic E-state index is 11.5. The smallest absolute Gasteiger partial charge is 0.151 e. The first-order chi connectivity index (χ1) is 7.94. The average Bonchev–Trinajstić information content (AvgIpc) is 2.23. The van der Waals surface area contributed by atoms with Gasteiger partial charge in [-0.1, -0.05) is 20.8 Å². The summed E-state index contributed by atoms with van der Waals surface area (Å²) in [6.45, 7) is 7.14.